The quantitative estimate of drug-likeness (QED) is 0.580. The Morgan fingerprint density at radius 2 is 2.04 bits per heavy atom. The van der Waals surface area contributed by atoms with E-state index in [2.05, 4.69) is 10.3 Å². The number of thiophene rings is 1. The van der Waals surface area contributed by atoms with Crippen LogP contribution in [0.5, 0.6) is 5.75 Å². The second-order valence-electron chi connectivity index (χ2n) is 5.57. The molecule has 1 N–H and O–H groups in total. The molecule has 6 heteroatoms. The van der Waals surface area contributed by atoms with Gasteiger partial charge >= 0.3 is 0 Å². The van der Waals surface area contributed by atoms with Gasteiger partial charge in [-0.05, 0) is 43.3 Å². The fourth-order valence-corrected chi connectivity index (χ4v) is 4.03. The van der Waals surface area contributed by atoms with Crippen LogP contribution < -0.4 is 10.1 Å². The summed E-state index contributed by atoms with van der Waals surface area (Å²) in [5.41, 5.74) is 1.87. The first kappa shape index (κ1) is 17.6. The highest BCUT2D eigenvalue weighted by atomic mass is 32.1. The summed E-state index contributed by atoms with van der Waals surface area (Å²) < 4.78 is 5.64. The summed E-state index contributed by atoms with van der Waals surface area (Å²) in [4.78, 5) is 17.5. The number of rotatable bonds is 8. The highest BCUT2D eigenvalue weighted by Gasteiger charge is 2.15. The van der Waals surface area contributed by atoms with Crippen molar-refractivity contribution in [2.24, 2.45) is 0 Å². The number of amides is 1. The molecule has 0 aliphatic carbocycles. The Morgan fingerprint density at radius 3 is 2.80 bits per heavy atom. The number of aryl methyl sites for hydroxylation is 1. The Hall–Kier alpha value is -2.18. The molecule has 0 aliphatic rings. The smallest absolute Gasteiger partial charge is 0.263 e. The predicted molar refractivity (Wildman–Crippen MR) is 104 cm³/mol. The molecule has 0 bridgehead atoms. The van der Waals surface area contributed by atoms with Crippen LogP contribution in [-0.4, -0.2) is 24.0 Å². The Balaban J connectivity index is 1.41. The molecule has 0 saturated heterocycles. The second kappa shape index (κ2) is 8.78. The molecule has 2 aromatic heterocycles. The Morgan fingerprint density at radius 1 is 1.20 bits per heavy atom. The van der Waals surface area contributed by atoms with Gasteiger partial charge in [-0.2, -0.15) is 11.3 Å². The van der Waals surface area contributed by atoms with Gasteiger partial charge in [0.25, 0.3) is 5.91 Å². The molecule has 1 aromatic carbocycles. The van der Waals surface area contributed by atoms with Crippen LogP contribution in [-0.2, 0) is 0 Å². The number of nitrogens with one attached hydrogen (secondary N) is 1. The van der Waals surface area contributed by atoms with E-state index in [1.807, 2.05) is 54.1 Å². The number of unbranched alkanes of at least 4 members (excludes halogenated alkanes) is 1. The van der Waals surface area contributed by atoms with Crippen molar-refractivity contribution in [1.29, 1.82) is 0 Å². The van der Waals surface area contributed by atoms with E-state index in [0.29, 0.717) is 18.0 Å². The minimum absolute atomic E-state index is 0.0412. The van der Waals surface area contributed by atoms with E-state index in [-0.39, 0.29) is 5.91 Å². The molecule has 0 atom stereocenters. The Kier molecular flexibility index (Phi) is 6.19. The van der Waals surface area contributed by atoms with Crippen molar-refractivity contribution in [3.63, 3.8) is 0 Å². The van der Waals surface area contributed by atoms with Crippen molar-refractivity contribution in [2.75, 3.05) is 13.2 Å². The molecule has 0 unspecified atom stereocenters. The summed E-state index contributed by atoms with van der Waals surface area (Å²) in [6.45, 7) is 3.18. The number of carbonyl (C=O) groups is 1. The van der Waals surface area contributed by atoms with Crippen LogP contribution in [0, 0.1) is 6.92 Å². The summed E-state index contributed by atoms with van der Waals surface area (Å²) >= 11 is 3.08. The van der Waals surface area contributed by atoms with E-state index in [9.17, 15) is 4.79 Å². The summed E-state index contributed by atoms with van der Waals surface area (Å²) in [5, 5.41) is 7.94. The first-order valence-corrected chi connectivity index (χ1v) is 9.96. The van der Waals surface area contributed by atoms with E-state index < -0.39 is 0 Å². The van der Waals surface area contributed by atoms with Crippen molar-refractivity contribution in [3.8, 4) is 16.3 Å². The topological polar surface area (TPSA) is 51.2 Å². The van der Waals surface area contributed by atoms with Gasteiger partial charge < -0.3 is 10.1 Å². The van der Waals surface area contributed by atoms with Gasteiger partial charge in [0.15, 0.2) is 0 Å². The molecule has 0 fully saturated rings. The minimum Gasteiger partial charge on any atom is -0.494 e. The number of thiazole rings is 1. The summed E-state index contributed by atoms with van der Waals surface area (Å²) in [5.74, 6) is 0.841. The highest BCUT2D eigenvalue weighted by Crippen LogP contribution is 2.29. The SMILES string of the molecule is Cc1nc(-c2ccsc2)sc1C(=O)NCCCCOc1ccccc1. The number of benzene rings is 1. The first-order chi connectivity index (χ1) is 12.2. The first-order valence-electron chi connectivity index (χ1n) is 8.20. The molecule has 2 heterocycles. The van der Waals surface area contributed by atoms with Gasteiger partial charge in [-0.25, -0.2) is 4.98 Å². The van der Waals surface area contributed by atoms with Crippen molar-refractivity contribution in [2.45, 2.75) is 19.8 Å². The van der Waals surface area contributed by atoms with Crippen LogP contribution in [0.2, 0.25) is 0 Å². The number of nitrogens with zero attached hydrogens (tertiary/aromatic N) is 1. The zero-order valence-electron chi connectivity index (χ0n) is 14.0. The lowest BCUT2D eigenvalue weighted by atomic mass is 10.3. The molecule has 1 amide bonds. The lowest BCUT2D eigenvalue weighted by Crippen LogP contribution is -2.24. The van der Waals surface area contributed by atoms with E-state index in [1.165, 1.54) is 11.3 Å². The van der Waals surface area contributed by atoms with E-state index in [0.717, 1.165) is 34.9 Å². The van der Waals surface area contributed by atoms with Crippen molar-refractivity contribution >= 4 is 28.6 Å². The lowest BCUT2D eigenvalue weighted by Gasteiger charge is -2.06. The third-order valence-corrected chi connectivity index (χ3v) is 5.53. The van der Waals surface area contributed by atoms with Crippen LogP contribution in [0.25, 0.3) is 10.6 Å². The molecular formula is C19H20N2O2S2. The van der Waals surface area contributed by atoms with E-state index in [4.69, 9.17) is 4.74 Å². The van der Waals surface area contributed by atoms with E-state index >= 15 is 0 Å². The van der Waals surface area contributed by atoms with Gasteiger partial charge in [-0.3, -0.25) is 4.79 Å². The number of ether oxygens (including phenoxy) is 1. The number of hydrogen-bond acceptors (Lipinski definition) is 5. The Bertz CT molecular complexity index is 798. The highest BCUT2D eigenvalue weighted by molar-refractivity contribution is 7.17. The standard InChI is InChI=1S/C19H20N2O2S2/c1-14-17(25-19(21-14)15-9-12-24-13-15)18(22)20-10-5-6-11-23-16-7-3-2-4-8-16/h2-4,7-9,12-13H,5-6,10-11H2,1H3,(H,20,22). The maximum Gasteiger partial charge on any atom is 0.263 e. The zero-order valence-corrected chi connectivity index (χ0v) is 15.7. The van der Waals surface area contributed by atoms with Crippen LogP contribution in [0.4, 0.5) is 0 Å². The van der Waals surface area contributed by atoms with Crippen LogP contribution >= 0.6 is 22.7 Å². The Labute approximate surface area is 155 Å². The van der Waals surface area contributed by atoms with Gasteiger partial charge in [0, 0.05) is 17.5 Å². The number of para-hydroxylation sites is 1. The fraction of sp³-hybridized carbons (Fsp3) is 0.263. The number of hydrogen-bond donors (Lipinski definition) is 1. The molecule has 130 valence electrons. The van der Waals surface area contributed by atoms with Crippen LogP contribution in [0.3, 0.4) is 0 Å². The maximum atomic E-state index is 12.3. The third kappa shape index (κ3) is 4.90. The van der Waals surface area contributed by atoms with Crippen LogP contribution in [0.1, 0.15) is 28.2 Å². The molecule has 3 rings (SSSR count). The van der Waals surface area contributed by atoms with E-state index in [1.54, 1.807) is 11.3 Å². The zero-order chi connectivity index (χ0) is 17.5. The molecule has 3 aromatic rings. The average molecular weight is 373 g/mol. The monoisotopic (exact) mass is 372 g/mol. The predicted octanol–water partition coefficient (Wildman–Crippen LogP) is 4.77. The molecular weight excluding hydrogens is 352 g/mol. The van der Waals surface area contributed by atoms with Crippen molar-refractivity contribution in [1.82, 2.24) is 10.3 Å². The van der Waals surface area contributed by atoms with Crippen molar-refractivity contribution < 1.29 is 9.53 Å². The lowest BCUT2D eigenvalue weighted by molar-refractivity contribution is 0.0955. The molecule has 25 heavy (non-hydrogen) atoms. The maximum absolute atomic E-state index is 12.3. The van der Waals surface area contributed by atoms with Crippen molar-refractivity contribution in [3.05, 3.63) is 57.7 Å². The van der Waals surface area contributed by atoms with Gasteiger partial charge in [0.2, 0.25) is 0 Å². The van der Waals surface area contributed by atoms with Gasteiger partial charge in [-0.1, -0.05) is 18.2 Å². The molecule has 0 radical (unpaired) electrons. The van der Waals surface area contributed by atoms with Crippen LogP contribution in [0.15, 0.2) is 47.2 Å². The number of aromatic nitrogens is 1. The van der Waals surface area contributed by atoms with Gasteiger partial charge in [0.1, 0.15) is 15.6 Å². The molecule has 0 spiro atoms. The summed E-state index contributed by atoms with van der Waals surface area (Å²) in [6.07, 6.45) is 1.78. The minimum atomic E-state index is -0.0412. The summed E-state index contributed by atoms with van der Waals surface area (Å²) in [7, 11) is 0. The summed E-state index contributed by atoms with van der Waals surface area (Å²) in [6, 6.07) is 11.8. The fourth-order valence-electron chi connectivity index (χ4n) is 2.33. The average Bonchev–Trinajstić information content (AvgIpc) is 3.28. The van der Waals surface area contributed by atoms with Gasteiger partial charge in [0.05, 0.1) is 12.3 Å². The normalized spacial score (nSPS) is 10.6. The molecule has 4 nitrogen and oxygen atoms in total. The largest absolute Gasteiger partial charge is 0.494 e. The third-order valence-electron chi connectivity index (χ3n) is 3.64. The van der Waals surface area contributed by atoms with Gasteiger partial charge in [-0.15, -0.1) is 11.3 Å². The second-order valence-corrected chi connectivity index (χ2v) is 7.35. The number of carbonyl (C=O) groups excluding carboxylic acids is 1. The molecule has 0 saturated carbocycles. The molecule has 0 aliphatic heterocycles.